The summed E-state index contributed by atoms with van der Waals surface area (Å²) in [6.07, 6.45) is 3.21. The van der Waals surface area contributed by atoms with Gasteiger partial charge in [0.05, 0.1) is 0 Å². The summed E-state index contributed by atoms with van der Waals surface area (Å²) in [4.78, 5) is 0. The van der Waals surface area contributed by atoms with Crippen molar-refractivity contribution in [1.82, 2.24) is 0 Å². The quantitative estimate of drug-likeness (QED) is 0.278. The molecule has 0 radical (unpaired) electrons. The summed E-state index contributed by atoms with van der Waals surface area (Å²) in [6.45, 7) is 20.7. The fourth-order valence-electron chi connectivity index (χ4n) is 7.67. The molecule has 0 bridgehead atoms. The second-order valence-corrected chi connectivity index (χ2v) is 21.7. The first-order valence-corrected chi connectivity index (χ1v) is 20.3. The molecule has 44 heavy (non-hydrogen) atoms. The van der Waals surface area contributed by atoms with Crippen LogP contribution >= 0.6 is 15.0 Å². The van der Waals surface area contributed by atoms with Crippen molar-refractivity contribution in [2.45, 2.75) is 115 Å². The molecule has 5 aliphatic rings. The van der Waals surface area contributed by atoms with Crippen molar-refractivity contribution in [1.29, 1.82) is 0 Å². The number of ether oxygens (including phenoxy) is 4. The molecule has 5 heterocycles. The van der Waals surface area contributed by atoms with Gasteiger partial charge in [-0.1, -0.05) is 0 Å². The van der Waals surface area contributed by atoms with Crippen LogP contribution in [-0.4, -0.2) is 113 Å². The molecule has 5 rings (SSSR count). The minimum absolute atomic E-state index is 0.0257. The van der Waals surface area contributed by atoms with Crippen LogP contribution in [0.25, 0.3) is 0 Å². The monoisotopic (exact) mass is 672 g/mol. The van der Waals surface area contributed by atoms with Crippen LogP contribution in [0.1, 0.15) is 81.1 Å². The van der Waals surface area contributed by atoms with Gasteiger partial charge in [-0.25, -0.2) is 0 Å². The van der Waals surface area contributed by atoms with E-state index in [2.05, 4.69) is 55.4 Å². The van der Waals surface area contributed by atoms with E-state index in [1.165, 1.54) is 0 Å². The Bertz CT molecular complexity index is 855. The van der Waals surface area contributed by atoms with E-state index in [9.17, 15) is 0 Å². The molecular formula is C30H58O12P2. The van der Waals surface area contributed by atoms with Gasteiger partial charge in [0.15, 0.2) is 0 Å². The zero-order chi connectivity index (χ0) is 31.8. The predicted molar refractivity (Wildman–Crippen MR) is 168 cm³/mol. The van der Waals surface area contributed by atoms with Crippen molar-refractivity contribution in [2.24, 2.45) is 0 Å². The standard InChI is InChI=1S/C30H58O12P2/c1-27(2)21-25-22-28(3,4)40-43(25,39-27)35-17-13-31-9-11-33-15-19-37-44(38-20-16-34-12-10-32-14-18-36-43)26(23-29(5,6)41-44)24-30(7,8)42-44/h25-26H,9-24H2,1-8H3. The van der Waals surface area contributed by atoms with Crippen molar-refractivity contribution < 1.29 is 55.1 Å². The molecule has 5 fully saturated rings. The van der Waals surface area contributed by atoms with E-state index < -0.39 is 37.4 Å². The van der Waals surface area contributed by atoms with Crippen LogP contribution in [0.15, 0.2) is 0 Å². The summed E-state index contributed by atoms with van der Waals surface area (Å²) in [7, 11) is -7.81. The molecule has 260 valence electrons. The summed E-state index contributed by atoms with van der Waals surface area (Å²) >= 11 is 0. The number of hydrogen-bond acceptors (Lipinski definition) is 12. The Morgan fingerprint density at radius 3 is 0.773 bits per heavy atom. The van der Waals surface area contributed by atoms with E-state index in [1.807, 2.05) is 0 Å². The Balaban J connectivity index is 1.22. The molecule has 5 aliphatic heterocycles. The molecule has 0 atom stereocenters. The number of rotatable bonds is 0. The minimum atomic E-state index is -3.91. The summed E-state index contributed by atoms with van der Waals surface area (Å²) in [6, 6.07) is 0. The summed E-state index contributed by atoms with van der Waals surface area (Å²) in [5.41, 5.74) is -1.63. The van der Waals surface area contributed by atoms with Crippen LogP contribution in [0.3, 0.4) is 0 Å². The Morgan fingerprint density at radius 2 is 0.545 bits per heavy atom. The van der Waals surface area contributed by atoms with Crippen LogP contribution in [-0.2, 0) is 55.1 Å². The van der Waals surface area contributed by atoms with Gasteiger partial charge < -0.3 is 0 Å². The Kier molecular flexibility index (Phi) is 10.3. The third-order valence-corrected chi connectivity index (χ3v) is 17.7. The van der Waals surface area contributed by atoms with Gasteiger partial charge in [0, 0.05) is 0 Å². The van der Waals surface area contributed by atoms with Gasteiger partial charge in [-0.2, -0.15) is 0 Å². The van der Waals surface area contributed by atoms with Crippen molar-refractivity contribution in [2.75, 3.05) is 79.3 Å². The molecule has 0 aromatic carbocycles. The SMILES string of the molecule is CC1(C)CC2CC(C)(C)OP23(OCCOCCOCCOP24(OCCOCCOCCO3)OC(C)(C)CC2CC(C)(C)O4)O1. The Hall–Kier alpha value is 0.380. The predicted octanol–water partition coefficient (Wildman–Crippen LogP) is 6.09. The molecule has 0 aromatic heterocycles. The van der Waals surface area contributed by atoms with Gasteiger partial charge in [0.2, 0.25) is 0 Å². The zero-order valence-electron chi connectivity index (χ0n) is 28.3. The first-order valence-electron chi connectivity index (χ1n) is 16.3. The molecule has 14 heteroatoms. The fourth-order valence-corrected chi connectivity index (χ4v) is 18.2. The third kappa shape index (κ3) is 7.50. The van der Waals surface area contributed by atoms with Gasteiger partial charge in [-0.05, 0) is 0 Å². The van der Waals surface area contributed by atoms with Gasteiger partial charge in [0.1, 0.15) is 0 Å². The maximum absolute atomic E-state index is 6.67. The second kappa shape index (κ2) is 12.7. The van der Waals surface area contributed by atoms with Crippen molar-refractivity contribution in [3.05, 3.63) is 0 Å². The first-order chi connectivity index (χ1) is 20.5. The molecular weight excluding hydrogens is 614 g/mol. The van der Waals surface area contributed by atoms with E-state index in [0.29, 0.717) is 52.9 Å². The molecule has 12 nitrogen and oxygen atoms in total. The van der Waals surface area contributed by atoms with Crippen LogP contribution < -0.4 is 0 Å². The average molecular weight is 673 g/mol. The van der Waals surface area contributed by atoms with E-state index in [4.69, 9.17) is 55.1 Å². The molecule has 2 spiro atoms. The van der Waals surface area contributed by atoms with E-state index in [-0.39, 0.29) is 37.7 Å². The van der Waals surface area contributed by atoms with Gasteiger partial charge in [-0.15, -0.1) is 0 Å². The molecule has 0 unspecified atom stereocenters. The van der Waals surface area contributed by atoms with Gasteiger partial charge in [-0.3, -0.25) is 0 Å². The molecule has 0 N–H and O–H groups in total. The third-order valence-electron chi connectivity index (χ3n) is 8.70. The van der Waals surface area contributed by atoms with Crippen LogP contribution in [0, 0.1) is 0 Å². The second-order valence-electron chi connectivity index (χ2n) is 15.0. The maximum atomic E-state index is 6.67. The first kappa shape index (κ1) is 35.7. The van der Waals surface area contributed by atoms with Crippen LogP contribution in [0.5, 0.6) is 0 Å². The molecule has 0 amide bonds. The number of hydrogen-bond donors (Lipinski definition) is 0. The van der Waals surface area contributed by atoms with Crippen molar-refractivity contribution in [3.8, 4) is 0 Å². The molecule has 0 aliphatic carbocycles. The van der Waals surface area contributed by atoms with Crippen molar-refractivity contribution in [3.63, 3.8) is 0 Å². The van der Waals surface area contributed by atoms with Gasteiger partial charge in [0.25, 0.3) is 0 Å². The topological polar surface area (TPSA) is 111 Å². The Morgan fingerprint density at radius 1 is 0.341 bits per heavy atom. The molecule has 0 aromatic rings. The van der Waals surface area contributed by atoms with Gasteiger partial charge >= 0.3 is 264 Å². The summed E-state index contributed by atoms with van der Waals surface area (Å²) in [5.74, 6) is 0. The summed E-state index contributed by atoms with van der Waals surface area (Å²) in [5, 5.41) is 0. The molecule has 5 saturated heterocycles. The summed E-state index contributed by atoms with van der Waals surface area (Å²) < 4.78 is 76.5. The van der Waals surface area contributed by atoms with E-state index >= 15 is 0 Å². The fraction of sp³-hybridized carbons (Fsp3) is 1.00. The van der Waals surface area contributed by atoms with E-state index in [0.717, 1.165) is 25.7 Å². The Labute approximate surface area is 264 Å². The van der Waals surface area contributed by atoms with Crippen molar-refractivity contribution >= 4 is 15.0 Å². The van der Waals surface area contributed by atoms with Crippen LogP contribution in [0.2, 0.25) is 0 Å². The van der Waals surface area contributed by atoms with E-state index in [1.54, 1.807) is 0 Å². The van der Waals surface area contributed by atoms with Crippen LogP contribution in [0.4, 0.5) is 0 Å². The zero-order valence-corrected chi connectivity index (χ0v) is 30.1. The average Bonchev–Trinajstić information content (AvgIpc) is 3.40. The molecule has 0 saturated carbocycles. The normalized spacial score (nSPS) is 38.5.